The molecule has 8 nitrogen and oxygen atoms in total. The summed E-state index contributed by atoms with van der Waals surface area (Å²) < 4.78 is 9.29. The third-order valence-corrected chi connectivity index (χ3v) is 1.44. The highest BCUT2D eigenvalue weighted by molar-refractivity contribution is 6.01. The molecule has 0 radical (unpaired) electrons. The van der Waals surface area contributed by atoms with Gasteiger partial charge in [0.2, 0.25) is 12.0 Å². The molecule has 0 saturated heterocycles. The van der Waals surface area contributed by atoms with Crippen molar-refractivity contribution in [3.8, 4) is 0 Å². The number of esters is 2. The molecule has 16 heavy (non-hydrogen) atoms. The van der Waals surface area contributed by atoms with E-state index in [4.69, 9.17) is 11.6 Å². The van der Waals surface area contributed by atoms with Gasteiger partial charge in [-0.05, 0) is 13.8 Å². The van der Waals surface area contributed by atoms with Crippen molar-refractivity contribution in [3.05, 3.63) is 0 Å². The van der Waals surface area contributed by atoms with Crippen molar-refractivity contribution >= 4 is 17.9 Å². The van der Waals surface area contributed by atoms with E-state index in [1.54, 1.807) is 13.8 Å². The normalized spacial score (nSPS) is 11.1. The molecule has 0 aromatic rings. The molecule has 0 amide bonds. The van der Waals surface area contributed by atoms with Crippen LogP contribution in [0.1, 0.15) is 13.8 Å². The van der Waals surface area contributed by atoms with Gasteiger partial charge in [-0.2, -0.15) is 0 Å². The first-order valence-corrected chi connectivity index (χ1v) is 4.69. The van der Waals surface area contributed by atoms with E-state index in [-0.39, 0.29) is 19.2 Å². The summed E-state index contributed by atoms with van der Waals surface area (Å²) >= 11 is 0. The van der Waals surface area contributed by atoms with E-state index in [9.17, 15) is 9.59 Å². The largest absolute Gasteiger partial charge is 0.464 e. The van der Waals surface area contributed by atoms with Crippen LogP contribution in [0.5, 0.6) is 0 Å². The molecular formula is C8H16N4O4. The molecule has 0 aliphatic heterocycles. The van der Waals surface area contributed by atoms with Crippen molar-refractivity contribution in [2.24, 2.45) is 16.6 Å². The minimum Gasteiger partial charge on any atom is -0.464 e. The summed E-state index contributed by atoms with van der Waals surface area (Å²) in [4.78, 5) is 26.3. The van der Waals surface area contributed by atoms with E-state index >= 15 is 0 Å². The molecule has 0 spiro atoms. The molecule has 0 aromatic carbocycles. The zero-order valence-corrected chi connectivity index (χ0v) is 9.23. The topological polar surface area (TPSA) is 129 Å². The SMILES string of the molecule is CCOC(=O)C(N=C(N)NN)C(=O)OCC. The molecule has 0 saturated carbocycles. The summed E-state index contributed by atoms with van der Waals surface area (Å²) in [5.74, 6) is 3.03. The maximum absolute atomic E-state index is 11.4. The molecule has 0 bridgehead atoms. The van der Waals surface area contributed by atoms with Crippen LogP contribution in [0.25, 0.3) is 0 Å². The van der Waals surface area contributed by atoms with Gasteiger partial charge >= 0.3 is 11.9 Å². The molecule has 0 fully saturated rings. The molecule has 0 aliphatic carbocycles. The van der Waals surface area contributed by atoms with Crippen molar-refractivity contribution < 1.29 is 19.1 Å². The van der Waals surface area contributed by atoms with Crippen LogP contribution < -0.4 is 17.0 Å². The first-order valence-electron chi connectivity index (χ1n) is 4.69. The highest BCUT2D eigenvalue weighted by atomic mass is 16.6. The third-order valence-electron chi connectivity index (χ3n) is 1.44. The minimum absolute atomic E-state index is 0.125. The molecule has 0 unspecified atom stereocenters. The summed E-state index contributed by atoms with van der Waals surface area (Å²) in [7, 11) is 0. The van der Waals surface area contributed by atoms with Gasteiger partial charge in [-0.15, -0.1) is 0 Å². The summed E-state index contributed by atoms with van der Waals surface area (Å²) in [6.45, 7) is 3.46. The van der Waals surface area contributed by atoms with Crippen molar-refractivity contribution in [2.75, 3.05) is 13.2 Å². The van der Waals surface area contributed by atoms with Gasteiger partial charge in [0.05, 0.1) is 13.2 Å². The number of nitrogens with zero attached hydrogens (tertiary/aromatic N) is 1. The fourth-order valence-corrected chi connectivity index (χ4v) is 0.820. The second-order valence-electron chi connectivity index (χ2n) is 2.57. The van der Waals surface area contributed by atoms with E-state index in [1.165, 1.54) is 0 Å². The predicted octanol–water partition coefficient (Wildman–Crippen LogP) is -1.74. The number of carbonyl (C=O) groups excluding carboxylic acids is 2. The zero-order chi connectivity index (χ0) is 12.6. The van der Waals surface area contributed by atoms with Crippen LogP contribution in [0.4, 0.5) is 0 Å². The Labute approximate surface area is 92.9 Å². The van der Waals surface area contributed by atoms with E-state index in [2.05, 4.69) is 14.5 Å². The van der Waals surface area contributed by atoms with E-state index in [0.717, 1.165) is 0 Å². The Kier molecular flexibility index (Phi) is 6.61. The summed E-state index contributed by atoms with van der Waals surface area (Å²) in [5, 5.41) is 0. The summed E-state index contributed by atoms with van der Waals surface area (Å²) in [6.07, 6.45) is 0. The van der Waals surface area contributed by atoms with E-state index in [0.29, 0.717) is 0 Å². The molecule has 5 N–H and O–H groups in total. The fraction of sp³-hybridized carbons (Fsp3) is 0.625. The Hall–Kier alpha value is -1.83. The van der Waals surface area contributed by atoms with Crippen molar-refractivity contribution in [1.29, 1.82) is 0 Å². The van der Waals surface area contributed by atoms with Crippen LogP contribution in [-0.2, 0) is 19.1 Å². The number of rotatable bonds is 5. The van der Waals surface area contributed by atoms with Crippen molar-refractivity contribution in [3.63, 3.8) is 0 Å². The van der Waals surface area contributed by atoms with Gasteiger partial charge in [-0.3, -0.25) is 5.43 Å². The van der Waals surface area contributed by atoms with Crippen LogP contribution in [0.3, 0.4) is 0 Å². The maximum atomic E-state index is 11.4. The Morgan fingerprint density at radius 2 is 1.69 bits per heavy atom. The van der Waals surface area contributed by atoms with Crippen LogP contribution >= 0.6 is 0 Å². The van der Waals surface area contributed by atoms with Crippen LogP contribution in [0.15, 0.2) is 4.99 Å². The van der Waals surface area contributed by atoms with Crippen molar-refractivity contribution in [2.45, 2.75) is 19.9 Å². The van der Waals surface area contributed by atoms with Gasteiger partial charge in [0.15, 0.2) is 0 Å². The molecule has 8 heteroatoms. The van der Waals surface area contributed by atoms with E-state index in [1.807, 2.05) is 5.43 Å². The second kappa shape index (κ2) is 7.46. The fourth-order valence-electron chi connectivity index (χ4n) is 0.820. The van der Waals surface area contributed by atoms with Gasteiger partial charge in [0.25, 0.3) is 0 Å². The third kappa shape index (κ3) is 4.60. The minimum atomic E-state index is -1.45. The molecule has 0 rings (SSSR count). The first-order chi connectivity index (χ1) is 7.56. The highest BCUT2D eigenvalue weighted by Gasteiger charge is 2.29. The van der Waals surface area contributed by atoms with Gasteiger partial charge in [-0.1, -0.05) is 0 Å². The number of nitrogens with one attached hydrogen (secondary N) is 1. The zero-order valence-electron chi connectivity index (χ0n) is 9.23. The lowest BCUT2D eigenvalue weighted by molar-refractivity contribution is -0.156. The highest BCUT2D eigenvalue weighted by Crippen LogP contribution is 1.99. The van der Waals surface area contributed by atoms with Gasteiger partial charge in [0.1, 0.15) is 0 Å². The molecule has 92 valence electrons. The summed E-state index contributed by atoms with van der Waals surface area (Å²) in [6, 6.07) is -1.45. The Morgan fingerprint density at radius 3 is 2.00 bits per heavy atom. The number of nitrogens with two attached hydrogens (primary N) is 2. The second-order valence-corrected chi connectivity index (χ2v) is 2.57. The summed E-state index contributed by atoms with van der Waals surface area (Å²) in [5.41, 5.74) is 7.24. The number of carbonyl (C=O) groups is 2. The van der Waals surface area contributed by atoms with Crippen LogP contribution in [-0.4, -0.2) is 37.2 Å². The van der Waals surface area contributed by atoms with Crippen LogP contribution in [0.2, 0.25) is 0 Å². The average Bonchev–Trinajstić information content (AvgIpc) is 2.25. The smallest absolute Gasteiger partial charge is 0.342 e. The lowest BCUT2D eigenvalue weighted by Gasteiger charge is -2.11. The predicted molar refractivity (Wildman–Crippen MR) is 56.0 cm³/mol. The monoisotopic (exact) mass is 232 g/mol. The van der Waals surface area contributed by atoms with E-state index < -0.39 is 18.0 Å². The number of ether oxygens (including phenoxy) is 2. The number of hydrazine groups is 1. The Balaban J connectivity index is 4.76. The van der Waals surface area contributed by atoms with Crippen LogP contribution in [0, 0.1) is 0 Å². The van der Waals surface area contributed by atoms with Gasteiger partial charge in [0, 0.05) is 0 Å². The number of guanidine groups is 1. The molecular weight excluding hydrogens is 216 g/mol. The number of aliphatic imine (C=N–C) groups is 1. The average molecular weight is 232 g/mol. The molecule has 0 atom stereocenters. The molecule has 0 aromatic heterocycles. The standard InChI is InChI=1S/C8H16N4O4/c1-3-15-6(13)5(7(14)16-4-2)11-8(9)12-10/h5H,3-4,10H2,1-2H3,(H3,9,11,12). The lowest BCUT2D eigenvalue weighted by atomic mass is 10.3. The Bertz CT molecular complexity index is 261. The Morgan fingerprint density at radius 1 is 1.25 bits per heavy atom. The maximum Gasteiger partial charge on any atom is 0.342 e. The number of hydrogen-bond acceptors (Lipinski definition) is 6. The lowest BCUT2D eigenvalue weighted by Crippen LogP contribution is -2.41. The number of hydrogen-bond donors (Lipinski definition) is 3. The molecule has 0 aliphatic rings. The quantitative estimate of drug-likeness (QED) is 0.128. The molecule has 0 heterocycles. The first kappa shape index (κ1) is 14.2. The van der Waals surface area contributed by atoms with Crippen molar-refractivity contribution in [1.82, 2.24) is 5.43 Å². The van der Waals surface area contributed by atoms with Gasteiger partial charge < -0.3 is 15.2 Å². The van der Waals surface area contributed by atoms with Gasteiger partial charge in [-0.25, -0.2) is 20.4 Å².